The van der Waals surface area contributed by atoms with Gasteiger partial charge in [-0.25, -0.2) is 5.01 Å². The van der Waals surface area contributed by atoms with E-state index >= 15 is 0 Å². The van der Waals surface area contributed by atoms with Crippen LogP contribution in [0.25, 0.3) is 11.1 Å². The van der Waals surface area contributed by atoms with Crippen molar-refractivity contribution in [3.63, 3.8) is 0 Å². The standard InChI is InChI=1S/C30H24ClN3/c31-18-12-14-19(15-13-18)34-30(26-10-3-1-6-22(26)23-7-2-4-11-27(23)30)28-24-16-25(29(28)33(34)17-32)21-9-5-8-20(21)24/h1-7,9-15,20-21,24-25,28-29H,8,16H2/t20-,21-,24+,25+,28-,29-/m0/s1. The predicted molar refractivity (Wildman–Crippen MR) is 134 cm³/mol. The van der Waals surface area contributed by atoms with E-state index in [1.165, 1.54) is 35.1 Å². The van der Waals surface area contributed by atoms with E-state index in [2.05, 4.69) is 89.0 Å². The van der Waals surface area contributed by atoms with E-state index < -0.39 is 5.54 Å². The third-order valence-electron chi connectivity index (χ3n) is 9.57. The molecule has 2 bridgehead atoms. The van der Waals surface area contributed by atoms with Gasteiger partial charge in [-0.3, -0.25) is 5.01 Å². The molecule has 0 amide bonds. The number of nitrogens with zero attached hydrogens (tertiary/aromatic N) is 3. The summed E-state index contributed by atoms with van der Waals surface area (Å²) in [6, 6.07) is 26.1. The van der Waals surface area contributed by atoms with Crippen molar-refractivity contribution in [2.75, 3.05) is 5.01 Å². The van der Waals surface area contributed by atoms with E-state index in [9.17, 15) is 5.26 Å². The first kappa shape index (κ1) is 19.1. The molecule has 166 valence electrons. The van der Waals surface area contributed by atoms with Gasteiger partial charge in [0.1, 0.15) is 5.54 Å². The second kappa shape index (κ2) is 6.46. The maximum absolute atomic E-state index is 10.7. The third kappa shape index (κ3) is 2.02. The normalized spacial score (nSPS) is 32.6. The van der Waals surface area contributed by atoms with E-state index in [1.807, 2.05) is 12.1 Å². The molecule has 34 heavy (non-hydrogen) atoms. The fourth-order valence-corrected chi connectivity index (χ4v) is 8.87. The van der Waals surface area contributed by atoms with E-state index in [1.54, 1.807) is 0 Å². The lowest BCUT2D eigenvalue weighted by molar-refractivity contribution is 0.131. The molecule has 3 aromatic rings. The zero-order valence-electron chi connectivity index (χ0n) is 18.7. The quantitative estimate of drug-likeness (QED) is 0.302. The minimum atomic E-state index is -0.394. The fourth-order valence-electron chi connectivity index (χ4n) is 8.75. The van der Waals surface area contributed by atoms with Gasteiger partial charge in [0.05, 0.1) is 11.7 Å². The van der Waals surface area contributed by atoms with Crippen molar-refractivity contribution < 1.29 is 0 Å². The molecule has 1 heterocycles. The van der Waals surface area contributed by atoms with Gasteiger partial charge in [0.25, 0.3) is 0 Å². The van der Waals surface area contributed by atoms with Crippen LogP contribution in [0.1, 0.15) is 24.0 Å². The third-order valence-corrected chi connectivity index (χ3v) is 9.82. The Kier molecular flexibility index (Phi) is 3.64. The molecule has 0 aromatic heterocycles. The Morgan fingerprint density at radius 3 is 2.21 bits per heavy atom. The molecule has 3 fully saturated rings. The molecule has 2 saturated carbocycles. The number of benzene rings is 3. The second-order valence-electron chi connectivity index (χ2n) is 10.6. The lowest BCUT2D eigenvalue weighted by Crippen LogP contribution is -2.50. The Morgan fingerprint density at radius 2 is 1.53 bits per heavy atom. The van der Waals surface area contributed by atoms with Crippen LogP contribution in [-0.4, -0.2) is 11.1 Å². The Hall–Kier alpha value is -3.22. The van der Waals surface area contributed by atoms with E-state index in [4.69, 9.17) is 11.6 Å². The minimum Gasteiger partial charge on any atom is -0.261 e. The smallest absolute Gasteiger partial charge is 0.200 e. The van der Waals surface area contributed by atoms with Gasteiger partial charge in [0.2, 0.25) is 0 Å². The van der Waals surface area contributed by atoms with Crippen molar-refractivity contribution in [3.05, 3.63) is 101 Å². The molecule has 3 nitrogen and oxygen atoms in total. The van der Waals surface area contributed by atoms with Gasteiger partial charge >= 0.3 is 0 Å². The minimum absolute atomic E-state index is 0.203. The Morgan fingerprint density at radius 1 is 0.853 bits per heavy atom. The average molecular weight is 462 g/mol. The molecule has 3 aromatic carbocycles. The monoisotopic (exact) mass is 461 g/mol. The highest BCUT2D eigenvalue weighted by atomic mass is 35.5. The number of hydrazine groups is 1. The molecule has 0 radical (unpaired) electrons. The van der Waals surface area contributed by atoms with Crippen LogP contribution in [0, 0.1) is 41.0 Å². The largest absolute Gasteiger partial charge is 0.261 e. The maximum Gasteiger partial charge on any atom is 0.200 e. The summed E-state index contributed by atoms with van der Waals surface area (Å²) in [7, 11) is 0. The summed E-state index contributed by atoms with van der Waals surface area (Å²) in [5.74, 6) is 2.79. The van der Waals surface area contributed by atoms with Crippen LogP contribution in [0.5, 0.6) is 0 Å². The Labute approximate surface area is 204 Å². The summed E-state index contributed by atoms with van der Waals surface area (Å²) in [4.78, 5) is 0. The molecule has 0 unspecified atom stereocenters. The molecule has 4 aliphatic carbocycles. The molecule has 1 saturated heterocycles. The van der Waals surface area contributed by atoms with Crippen LogP contribution < -0.4 is 5.01 Å². The van der Waals surface area contributed by atoms with Crippen molar-refractivity contribution in [1.29, 1.82) is 5.26 Å². The molecule has 0 N–H and O–H groups in total. The van der Waals surface area contributed by atoms with Crippen molar-refractivity contribution >= 4 is 17.3 Å². The van der Waals surface area contributed by atoms with Gasteiger partial charge in [-0.15, -0.1) is 0 Å². The topological polar surface area (TPSA) is 30.3 Å². The van der Waals surface area contributed by atoms with Crippen LogP contribution >= 0.6 is 11.6 Å². The van der Waals surface area contributed by atoms with Crippen molar-refractivity contribution in [1.82, 2.24) is 5.01 Å². The fraction of sp³-hybridized carbons (Fsp3) is 0.300. The number of anilines is 1. The van der Waals surface area contributed by atoms with Crippen molar-refractivity contribution in [2.45, 2.75) is 24.4 Å². The summed E-state index contributed by atoms with van der Waals surface area (Å²) in [5, 5.41) is 15.8. The van der Waals surface area contributed by atoms with Crippen LogP contribution in [-0.2, 0) is 5.54 Å². The molecule has 1 spiro atoms. The summed E-state index contributed by atoms with van der Waals surface area (Å²) in [5.41, 5.74) is 5.93. The van der Waals surface area contributed by atoms with E-state index in [0.29, 0.717) is 34.6 Å². The highest BCUT2D eigenvalue weighted by Gasteiger charge is 2.74. The zero-order chi connectivity index (χ0) is 22.6. The highest BCUT2D eigenvalue weighted by molar-refractivity contribution is 6.30. The number of halogens is 1. The predicted octanol–water partition coefficient (Wildman–Crippen LogP) is 6.61. The lowest BCUT2D eigenvalue weighted by Gasteiger charge is -2.44. The molecule has 6 atom stereocenters. The number of allylic oxidation sites excluding steroid dienone is 2. The first-order valence-corrected chi connectivity index (χ1v) is 12.7. The molecule has 5 aliphatic rings. The van der Waals surface area contributed by atoms with Gasteiger partial charge in [-0.05, 0) is 83.0 Å². The molecular formula is C30H24ClN3. The van der Waals surface area contributed by atoms with Crippen LogP contribution in [0.15, 0.2) is 84.9 Å². The van der Waals surface area contributed by atoms with Crippen LogP contribution in [0.3, 0.4) is 0 Å². The summed E-state index contributed by atoms with van der Waals surface area (Å²) in [6.07, 6.45) is 9.94. The van der Waals surface area contributed by atoms with Crippen LogP contribution in [0.2, 0.25) is 5.02 Å². The van der Waals surface area contributed by atoms with Crippen molar-refractivity contribution in [3.8, 4) is 17.3 Å². The number of hydrogen-bond acceptors (Lipinski definition) is 3. The number of nitriles is 1. The highest BCUT2D eigenvalue weighted by Crippen LogP contribution is 2.72. The summed E-state index contributed by atoms with van der Waals surface area (Å²) >= 11 is 6.31. The average Bonchev–Trinajstić information content (AvgIpc) is 3.66. The number of hydrogen-bond donors (Lipinski definition) is 0. The second-order valence-corrected chi connectivity index (χ2v) is 11.0. The Balaban J connectivity index is 1.47. The van der Waals surface area contributed by atoms with Gasteiger partial charge in [-0.1, -0.05) is 72.3 Å². The molecular weight excluding hydrogens is 438 g/mol. The van der Waals surface area contributed by atoms with E-state index in [0.717, 1.165) is 5.69 Å². The molecule has 1 aliphatic heterocycles. The molecule has 4 heteroatoms. The zero-order valence-corrected chi connectivity index (χ0v) is 19.4. The SMILES string of the molecule is N#CN1[C@H]2[C@@H]3C[C@H]([C@H]4CC=C[C@H]34)[C@@H]2C2(c3ccccc3-c3ccccc32)N1c1ccc(Cl)cc1. The summed E-state index contributed by atoms with van der Waals surface area (Å²) in [6.45, 7) is 0. The first-order valence-electron chi connectivity index (χ1n) is 12.4. The number of rotatable bonds is 1. The summed E-state index contributed by atoms with van der Waals surface area (Å²) < 4.78 is 0. The van der Waals surface area contributed by atoms with Gasteiger partial charge in [0.15, 0.2) is 6.19 Å². The molecule has 8 rings (SSSR count). The van der Waals surface area contributed by atoms with Gasteiger partial charge in [0, 0.05) is 10.9 Å². The Bertz CT molecular complexity index is 1360. The lowest BCUT2D eigenvalue weighted by atomic mass is 9.63. The van der Waals surface area contributed by atoms with Crippen molar-refractivity contribution in [2.24, 2.45) is 29.6 Å². The van der Waals surface area contributed by atoms with Gasteiger partial charge in [-0.2, -0.15) is 5.26 Å². The van der Waals surface area contributed by atoms with Crippen LogP contribution in [0.4, 0.5) is 5.69 Å². The maximum atomic E-state index is 10.7. The van der Waals surface area contributed by atoms with Gasteiger partial charge < -0.3 is 0 Å². The number of fused-ring (bicyclic) bond motifs is 14. The van der Waals surface area contributed by atoms with E-state index in [-0.39, 0.29) is 6.04 Å². The first-order chi connectivity index (χ1) is 16.7.